The molecule has 0 spiro atoms. The molecule has 1 fully saturated rings. The molecule has 23 heavy (non-hydrogen) atoms. The van der Waals surface area contributed by atoms with Gasteiger partial charge in [0.05, 0.1) is 21.8 Å². The number of thiophene rings is 1. The van der Waals surface area contributed by atoms with Crippen LogP contribution in [0, 0.1) is 0 Å². The highest BCUT2D eigenvalue weighted by molar-refractivity contribution is 7.20. The number of hydrogen-bond acceptors (Lipinski definition) is 5. The molecule has 2 aromatic heterocycles. The average molecular weight is 394 g/mol. The number of rotatable bonds is 3. The fourth-order valence-electron chi connectivity index (χ4n) is 2.25. The van der Waals surface area contributed by atoms with E-state index in [0.717, 1.165) is 31.9 Å². The summed E-state index contributed by atoms with van der Waals surface area (Å²) in [6.07, 6.45) is 1.77. The molecule has 2 aromatic rings. The van der Waals surface area contributed by atoms with Crippen LogP contribution in [0.3, 0.4) is 0 Å². The minimum absolute atomic E-state index is 0. The summed E-state index contributed by atoms with van der Waals surface area (Å²) in [5, 5.41) is 6.03. The number of aromatic nitrogens is 1. The Morgan fingerprint density at radius 1 is 1.30 bits per heavy atom. The summed E-state index contributed by atoms with van der Waals surface area (Å²) in [6.45, 7) is 3.85. The molecule has 0 radical (unpaired) electrons. The van der Waals surface area contributed by atoms with E-state index in [1.54, 1.807) is 18.3 Å². The summed E-state index contributed by atoms with van der Waals surface area (Å²) in [6, 6.07) is 5.30. The van der Waals surface area contributed by atoms with Gasteiger partial charge in [0.25, 0.3) is 5.91 Å². The van der Waals surface area contributed by atoms with Gasteiger partial charge in [-0.2, -0.15) is 0 Å². The number of piperazine rings is 1. The van der Waals surface area contributed by atoms with E-state index in [0.29, 0.717) is 20.1 Å². The molecule has 0 saturated carbocycles. The van der Waals surface area contributed by atoms with Crippen molar-refractivity contribution in [3.63, 3.8) is 0 Å². The molecule has 3 heterocycles. The minimum atomic E-state index is -0.310. The number of carbonyl (C=O) groups excluding carboxylic acids is 1. The minimum Gasteiger partial charge on any atom is -0.368 e. The van der Waals surface area contributed by atoms with E-state index < -0.39 is 0 Å². The van der Waals surface area contributed by atoms with Gasteiger partial charge in [0.15, 0.2) is 0 Å². The molecule has 3 rings (SSSR count). The molecule has 0 aliphatic carbocycles. The molecule has 0 atom stereocenters. The van der Waals surface area contributed by atoms with Gasteiger partial charge in [-0.3, -0.25) is 4.79 Å². The van der Waals surface area contributed by atoms with Crippen molar-refractivity contribution in [3.8, 4) is 0 Å². The Morgan fingerprint density at radius 3 is 2.61 bits per heavy atom. The van der Waals surface area contributed by atoms with Crippen LogP contribution >= 0.6 is 46.9 Å². The highest BCUT2D eigenvalue weighted by Gasteiger charge is 2.15. The van der Waals surface area contributed by atoms with Crippen LogP contribution in [0.1, 0.15) is 10.4 Å². The Morgan fingerprint density at radius 2 is 2.04 bits per heavy atom. The summed E-state index contributed by atoms with van der Waals surface area (Å²) in [7, 11) is 0. The predicted molar refractivity (Wildman–Crippen MR) is 98.9 cm³/mol. The van der Waals surface area contributed by atoms with E-state index in [9.17, 15) is 4.79 Å². The molecule has 9 heteroatoms. The second-order valence-corrected chi connectivity index (χ2v) is 7.12. The normalized spacial score (nSPS) is 14.3. The zero-order valence-corrected chi connectivity index (χ0v) is 15.2. The summed E-state index contributed by atoms with van der Waals surface area (Å²) in [4.78, 5) is 18.7. The first-order valence-electron chi connectivity index (χ1n) is 6.81. The second-order valence-electron chi connectivity index (χ2n) is 4.83. The summed E-state index contributed by atoms with van der Waals surface area (Å²) >= 11 is 13.0. The van der Waals surface area contributed by atoms with Gasteiger partial charge in [-0.25, -0.2) is 4.98 Å². The largest absolute Gasteiger partial charge is 0.368 e. The zero-order chi connectivity index (χ0) is 15.5. The van der Waals surface area contributed by atoms with Crippen LogP contribution in [-0.4, -0.2) is 37.1 Å². The number of halogens is 3. The van der Waals surface area contributed by atoms with Crippen molar-refractivity contribution in [2.24, 2.45) is 0 Å². The fourth-order valence-corrected chi connectivity index (χ4v) is 3.71. The van der Waals surface area contributed by atoms with Gasteiger partial charge in [0.1, 0.15) is 10.2 Å². The molecule has 0 unspecified atom stereocenters. The van der Waals surface area contributed by atoms with Gasteiger partial charge in [0, 0.05) is 26.2 Å². The Hall–Kier alpha value is -1.05. The average Bonchev–Trinajstić information content (AvgIpc) is 2.88. The molecule has 5 nitrogen and oxygen atoms in total. The van der Waals surface area contributed by atoms with E-state index in [1.165, 1.54) is 11.3 Å². The number of carbonyl (C=O) groups is 1. The number of anilines is 2. The first-order valence-corrected chi connectivity index (χ1v) is 8.38. The molecule has 124 valence electrons. The Kier molecular flexibility index (Phi) is 6.50. The van der Waals surface area contributed by atoms with Crippen molar-refractivity contribution in [2.75, 3.05) is 36.4 Å². The number of nitrogens with one attached hydrogen (secondary N) is 2. The topological polar surface area (TPSA) is 57.3 Å². The molecular formula is C14H15Cl3N4OS. The highest BCUT2D eigenvalue weighted by atomic mass is 35.5. The number of nitrogens with zero attached hydrogens (tertiary/aromatic N) is 2. The van der Waals surface area contributed by atoms with Crippen LogP contribution in [0.4, 0.5) is 11.5 Å². The SMILES string of the molecule is Cl.O=C(Nc1ccc(N2CCNCC2)cn1)c1cc(Cl)sc1Cl. The first kappa shape index (κ1) is 18.3. The van der Waals surface area contributed by atoms with Gasteiger partial charge in [0.2, 0.25) is 0 Å². The monoisotopic (exact) mass is 392 g/mol. The quantitative estimate of drug-likeness (QED) is 0.837. The van der Waals surface area contributed by atoms with Crippen LogP contribution in [0.25, 0.3) is 0 Å². The van der Waals surface area contributed by atoms with E-state index >= 15 is 0 Å². The summed E-state index contributed by atoms with van der Waals surface area (Å²) in [5.41, 5.74) is 1.42. The molecule has 1 amide bonds. The van der Waals surface area contributed by atoms with E-state index in [4.69, 9.17) is 23.2 Å². The van der Waals surface area contributed by atoms with Crippen LogP contribution in [0.15, 0.2) is 24.4 Å². The van der Waals surface area contributed by atoms with E-state index in [-0.39, 0.29) is 18.3 Å². The van der Waals surface area contributed by atoms with Crippen LogP contribution in [0.2, 0.25) is 8.67 Å². The summed E-state index contributed by atoms with van der Waals surface area (Å²) < 4.78 is 0.858. The van der Waals surface area contributed by atoms with Crippen molar-refractivity contribution >= 4 is 64.4 Å². The Bertz CT molecular complexity index is 671. The van der Waals surface area contributed by atoms with Gasteiger partial charge < -0.3 is 15.5 Å². The Labute approximate surface area is 154 Å². The number of amides is 1. The molecule has 2 N–H and O–H groups in total. The maximum absolute atomic E-state index is 12.1. The summed E-state index contributed by atoms with van der Waals surface area (Å²) in [5.74, 6) is 0.179. The highest BCUT2D eigenvalue weighted by Crippen LogP contribution is 2.31. The van der Waals surface area contributed by atoms with E-state index in [1.807, 2.05) is 6.07 Å². The molecule has 1 saturated heterocycles. The van der Waals surface area contributed by atoms with Crippen molar-refractivity contribution < 1.29 is 4.79 Å². The van der Waals surface area contributed by atoms with Crippen molar-refractivity contribution in [1.29, 1.82) is 0 Å². The van der Waals surface area contributed by atoms with E-state index in [2.05, 4.69) is 20.5 Å². The molecule has 1 aliphatic rings. The first-order chi connectivity index (χ1) is 10.6. The molecular weight excluding hydrogens is 379 g/mol. The lowest BCUT2D eigenvalue weighted by atomic mass is 10.3. The van der Waals surface area contributed by atoms with Crippen molar-refractivity contribution in [2.45, 2.75) is 0 Å². The van der Waals surface area contributed by atoms with Crippen molar-refractivity contribution in [1.82, 2.24) is 10.3 Å². The number of pyridine rings is 1. The second kappa shape index (κ2) is 8.17. The maximum atomic E-state index is 12.1. The van der Waals surface area contributed by atoms with Gasteiger partial charge >= 0.3 is 0 Å². The molecule has 1 aliphatic heterocycles. The van der Waals surface area contributed by atoms with Crippen LogP contribution < -0.4 is 15.5 Å². The van der Waals surface area contributed by atoms with Gasteiger partial charge in [-0.05, 0) is 18.2 Å². The molecule has 0 bridgehead atoms. The van der Waals surface area contributed by atoms with Crippen LogP contribution in [0.5, 0.6) is 0 Å². The lowest BCUT2D eigenvalue weighted by Crippen LogP contribution is -2.43. The van der Waals surface area contributed by atoms with Gasteiger partial charge in [-0.15, -0.1) is 23.7 Å². The lowest BCUT2D eigenvalue weighted by Gasteiger charge is -2.29. The lowest BCUT2D eigenvalue weighted by molar-refractivity contribution is 0.102. The standard InChI is InChI=1S/C14H14Cl2N4OS.ClH/c15-11-7-10(13(16)22-11)14(21)19-12-2-1-9(8-18-12)20-5-3-17-4-6-20;/h1-2,7-8,17H,3-6H2,(H,18,19,21);1H. The third kappa shape index (κ3) is 4.49. The predicted octanol–water partition coefficient (Wildman–Crippen LogP) is 3.53. The maximum Gasteiger partial charge on any atom is 0.259 e. The van der Waals surface area contributed by atoms with Gasteiger partial charge in [-0.1, -0.05) is 23.2 Å². The van der Waals surface area contributed by atoms with Crippen LogP contribution in [-0.2, 0) is 0 Å². The zero-order valence-electron chi connectivity index (χ0n) is 12.0. The Balaban J connectivity index is 0.00000192. The molecule has 0 aromatic carbocycles. The third-order valence-corrected chi connectivity index (χ3v) is 4.86. The fraction of sp³-hybridized carbons (Fsp3) is 0.286. The smallest absolute Gasteiger partial charge is 0.259 e. The number of hydrogen-bond donors (Lipinski definition) is 2. The van der Waals surface area contributed by atoms with Crippen molar-refractivity contribution in [3.05, 3.63) is 38.6 Å². The third-order valence-electron chi connectivity index (χ3n) is 3.37.